The zero-order valence-electron chi connectivity index (χ0n) is 11.2. The molecule has 1 aromatic carbocycles. The molecule has 0 spiro atoms. The van der Waals surface area contributed by atoms with Crippen molar-refractivity contribution in [1.29, 1.82) is 0 Å². The van der Waals surface area contributed by atoms with Gasteiger partial charge in [0.25, 0.3) is 0 Å². The van der Waals surface area contributed by atoms with Crippen molar-refractivity contribution in [1.82, 2.24) is 9.97 Å². The van der Waals surface area contributed by atoms with E-state index < -0.39 is 0 Å². The summed E-state index contributed by atoms with van der Waals surface area (Å²) in [5, 5.41) is 0.589. The number of ether oxygens (including phenoxy) is 1. The van der Waals surface area contributed by atoms with E-state index >= 15 is 0 Å². The van der Waals surface area contributed by atoms with Crippen LogP contribution in [0.3, 0.4) is 0 Å². The molecule has 6 heteroatoms. The van der Waals surface area contributed by atoms with Crippen LogP contribution in [0.2, 0.25) is 10.3 Å². The molecule has 3 rings (SSSR count). The summed E-state index contributed by atoms with van der Waals surface area (Å²) in [4.78, 5) is 8.75. The quantitative estimate of drug-likeness (QED) is 0.763. The lowest BCUT2D eigenvalue weighted by molar-refractivity contribution is 0.0836. The van der Waals surface area contributed by atoms with Crippen LogP contribution in [0.4, 0.5) is 4.39 Å². The second-order valence-corrected chi connectivity index (χ2v) is 5.65. The first-order chi connectivity index (χ1) is 10.1. The molecule has 1 fully saturated rings. The van der Waals surface area contributed by atoms with Gasteiger partial charge in [-0.05, 0) is 30.5 Å². The molecule has 1 aromatic heterocycles. The first kappa shape index (κ1) is 14.7. The zero-order chi connectivity index (χ0) is 14.8. The summed E-state index contributed by atoms with van der Waals surface area (Å²) < 4.78 is 18.3. The lowest BCUT2D eigenvalue weighted by atomic mass is 9.99. The van der Waals surface area contributed by atoms with Crippen molar-refractivity contribution in [2.45, 2.75) is 18.8 Å². The largest absolute Gasteiger partial charge is 0.381 e. The molecule has 110 valence electrons. The molecule has 0 N–H and O–H groups in total. The summed E-state index contributed by atoms with van der Waals surface area (Å²) in [6.07, 6.45) is 1.73. The summed E-state index contributed by atoms with van der Waals surface area (Å²) >= 11 is 12.5. The van der Waals surface area contributed by atoms with Crippen LogP contribution in [-0.2, 0) is 4.74 Å². The van der Waals surface area contributed by atoms with Gasteiger partial charge in [-0.3, -0.25) is 0 Å². The van der Waals surface area contributed by atoms with E-state index in [1.165, 1.54) is 12.1 Å². The maximum atomic E-state index is 13.0. The predicted molar refractivity (Wildman–Crippen MR) is 80.2 cm³/mol. The van der Waals surface area contributed by atoms with Gasteiger partial charge in [-0.25, -0.2) is 14.4 Å². The lowest BCUT2D eigenvalue weighted by Gasteiger charge is -2.21. The van der Waals surface area contributed by atoms with E-state index in [1.807, 2.05) is 0 Å². The van der Waals surface area contributed by atoms with E-state index in [0.717, 1.165) is 12.8 Å². The zero-order valence-corrected chi connectivity index (χ0v) is 12.7. The van der Waals surface area contributed by atoms with Gasteiger partial charge in [0.05, 0.1) is 5.56 Å². The number of rotatable bonds is 2. The lowest BCUT2D eigenvalue weighted by Crippen LogP contribution is -2.16. The van der Waals surface area contributed by atoms with E-state index in [0.29, 0.717) is 40.5 Å². The molecule has 3 nitrogen and oxygen atoms in total. The van der Waals surface area contributed by atoms with Gasteiger partial charge in [0.15, 0.2) is 0 Å². The molecule has 1 saturated heterocycles. The second-order valence-electron chi connectivity index (χ2n) is 4.93. The van der Waals surface area contributed by atoms with Gasteiger partial charge in [-0.15, -0.1) is 0 Å². The summed E-state index contributed by atoms with van der Waals surface area (Å²) in [5.74, 6) is 0.556. The van der Waals surface area contributed by atoms with Gasteiger partial charge < -0.3 is 4.74 Å². The van der Waals surface area contributed by atoms with Crippen LogP contribution in [0.15, 0.2) is 24.3 Å². The SMILES string of the molecule is Fc1ccc(-c2c(Cl)nc(C3CCOCC3)nc2Cl)cc1. The van der Waals surface area contributed by atoms with E-state index in [9.17, 15) is 4.39 Å². The molecule has 1 aliphatic heterocycles. The smallest absolute Gasteiger partial charge is 0.142 e. The molecule has 0 saturated carbocycles. The molecule has 2 heterocycles. The third-order valence-electron chi connectivity index (χ3n) is 3.56. The van der Waals surface area contributed by atoms with E-state index in [4.69, 9.17) is 27.9 Å². The van der Waals surface area contributed by atoms with Crippen molar-refractivity contribution >= 4 is 23.2 Å². The highest BCUT2D eigenvalue weighted by Crippen LogP contribution is 2.35. The molecular formula is C15H13Cl2FN2O. The molecule has 0 atom stereocenters. The summed E-state index contributed by atoms with van der Waals surface area (Å²) in [7, 11) is 0. The molecule has 0 radical (unpaired) electrons. The molecule has 21 heavy (non-hydrogen) atoms. The van der Waals surface area contributed by atoms with Crippen molar-refractivity contribution in [3.05, 3.63) is 46.2 Å². The van der Waals surface area contributed by atoms with E-state index in [2.05, 4.69) is 9.97 Å². The third-order valence-corrected chi connectivity index (χ3v) is 4.10. The molecule has 0 aliphatic carbocycles. The van der Waals surface area contributed by atoms with Gasteiger partial charge >= 0.3 is 0 Å². The van der Waals surface area contributed by atoms with Crippen LogP contribution >= 0.6 is 23.2 Å². The van der Waals surface area contributed by atoms with Crippen LogP contribution in [0.1, 0.15) is 24.6 Å². The molecule has 0 unspecified atom stereocenters. The van der Waals surface area contributed by atoms with E-state index in [-0.39, 0.29) is 11.7 Å². The topological polar surface area (TPSA) is 35.0 Å². The Bertz CT molecular complexity index is 620. The minimum atomic E-state index is -0.314. The van der Waals surface area contributed by atoms with Crippen LogP contribution in [0.5, 0.6) is 0 Å². The second kappa shape index (κ2) is 6.26. The minimum absolute atomic E-state index is 0.219. The average Bonchev–Trinajstić information content (AvgIpc) is 2.49. The molecule has 1 aliphatic rings. The molecular weight excluding hydrogens is 314 g/mol. The van der Waals surface area contributed by atoms with Crippen molar-refractivity contribution in [2.24, 2.45) is 0 Å². The first-order valence-corrected chi connectivity index (χ1v) is 7.47. The van der Waals surface area contributed by atoms with Crippen LogP contribution in [-0.4, -0.2) is 23.2 Å². The van der Waals surface area contributed by atoms with Gasteiger partial charge in [0.1, 0.15) is 21.9 Å². The Morgan fingerprint density at radius 3 is 2.14 bits per heavy atom. The summed E-state index contributed by atoms with van der Waals surface area (Å²) in [6, 6.07) is 5.93. The van der Waals surface area contributed by atoms with Crippen LogP contribution in [0, 0.1) is 5.82 Å². The fraction of sp³-hybridized carbons (Fsp3) is 0.333. The fourth-order valence-corrected chi connectivity index (χ4v) is 3.03. The molecule has 0 bridgehead atoms. The maximum Gasteiger partial charge on any atom is 0.142 e. The highest BCUT2D eigenvalue weighted by molar-refractivity contribution is 6.37. The number of aromatic nitrogens is 2. The highest BCUT2D eigenvalue weighted by Gasteiger charge is 2.22. The Morgan fingerprint density at radius 1 is 1.00 bits per heavy atom. The molecule has 0 amide bonds. The molecule has 2 aromatic rings. The maximum absolute atomic E-state index is 13.0. The Kier molecular flexibility index (Phi) is 4.38. The van der Waals surface area contributed by atoms with Gasteiger partial charge in [-0.2, -0.15) is 0 Å². The van der Waals surface area contributed by atoms with Crippen molar-refractivity contribution < 1.29 is 9.13 Å². The Morgan fingerprint density at radius 2 is 1.57 bits per heavy atom. The monoisotopic (exact) mass is 326 g/mol. The average molecular weight is 327 g/mol. The number of halogens is 3. The fourth-order valence-electron chi connectivity index (χ4n) is 2.42. The van der Waals surface area contributed by atoms with Gasteiger partial charge in [0.2, 0.25) is 0 Å². The van der Waals surface area contributed by atoms with Gasteiger partial charge in [-0.1, -0.05) is 35.3 Å². The number of nitrogens with zero attached hydrogens (tertiary/aromatic N) is 2. The Hall–Kier alpha value is -1.23. The first-order valence-electron chi connectivity index (χ1n) is 6.72. The van der Waals surface area contributed by atoms with Crippen molar-refractivity contribution in [3.63, 3.8) is 0 Å². The summed E-state index contributed by atoms with van der Waals surface area (Å²) in [5.41, 5.74) is 1.24. The highest BCUT2D eigenvalue weighted by atomic mass is 35.5. The Balaban J connectivity index is 1.97. The normalized spacial score (nSPS) is 16.1. The number of hydrogen-bond donors (Lipinski definition) is 0. The van der Waals surface area contributed by atoms with Crippen LogP contribution in [0.25, 0.3) is 11.1 Å². The number of hydrogen-bond acceptors (Lipinski definition) is 3. The standard InChI is InChI=1S/C15H13Cl2FN2O/c16-13-12(9-1-3-11(18)4-2-9)14(17)20-15(19-13)10-5-7-21-8-6-10/h1-4,10H,5-8H2. The van der Waals surface area contributed by atoms with Crippen LogP contribution < -0.4 is 0 Å². The van der Waals surface area contributed by atoms with E-state index in [1.54, 1.807) is 12.1 Å². The predicted octanol–water partition coefficient (Wildman–Crippen LogP) is 4.48. The van der Waals surface area contributed by atoms with Gasteiger partial charge in [0, 0.05) is 19.1 Å². The minimum Gasteiger partial charge on any atom is -0.381 e. The summed E-state index contributed by atoms with van der Waals surface area (Å²) in [6.45, 7) is 1.39. The van der Waals surface area contributed by atoms with Crippen molar-refractivity contribution in [3.8, 4) is 11.1 Å². The number of benzene rings is 1. The Labute approximate surface area is 132 Å². The van der Waals surface area contributed by atoms with Crippen molar-refractivity contribution in [2.75, 3.05) is 13.2 Å². The third kappa shape index (κ3) is 3.18.